The van der Waals surface area contributed by atoms with Crippen molar-refractivity contribution in [3.8, 4) is 0 Å². The van der Waals surface area contributed by atoms with E-state index >= 15 is 0 Å². The maximum absolute atomic E-state index is 12.2. The number of hydrogen-bond acceptors (Lipinski definition) is 5. The highest BCUT2D eigenvalue weighted by Gasteiger charge is 2.42. The van der Waals surface area contributed by atoms with E-state index < -0.39 is 4.92 Å². The maximum Gasteiger partial charge on any atom is 0.307 e. The summed E-state index contributed by atoms with van der Waals surface area (Å²) in [6.07, 6.45) is 4.56. The van der Waals surface area contributed by atoms with Crippen molar-refractivity contribution < 1.29 is 9.72 Å². The summed E-state index contributed by atoms with van der Waals surface area (Å²) in [6, 6.07) is 0.198. The van der Waals surface area contributed by atoms with Crippen LogP contribution in [0.1, 0.15) is 12.8 Å². The molecule has 3 rings (SSSR count). The van der Waals surface area contributed by atoms with Gasteiger partial charge in [0, 0.05) is 19.1 Å². The van der Waals surface area contributed by atoms with E-state index in [9.17, 15) is 14.9 Å². The summed E-state index contributed by atoms with van der Waals surface area (Å²) in [4.78, 5) is 24.0. The maximum atomic E-state index is 12.2. The highest BCUT2D eigenvalue weighted by atomic mass is 35.5. The van der Waals surface area contributed by atoms with Crippen LogP contribution in [0.5, 0.6) is 0 Å². The van der Waals surface area contributed by atoms with Gasteiger partial charge in [-0.1, -0.05) is 0 Å². The van der Waals surface area contributed by atoms with Gasteiger partial charge in [-0.2, -0.15) is 5.10 Å². The molecule has 1 aliphatic carbocycles. The number of nitro groups is 1. The first-order valence-electron chi connectivity index (χ1n) is 6.75. The number of halogens is 1. The van der Waals surface area contributed by atoms with Crippen LogP contribution in [0.2, 0.25) is 0 Å². The van der Waals surface area contributed by atoms with E-state index in [-0.39, 0.29) is 36.6 Å². The van der Waals surface area contributed by atoms with E-state index in [2.05, 4.69) is 5.10 Å². The number of fused-ring (bicyclic) bond motifs is 1. The molecule has 116 valence electrons. The molecular formula is C12H18ClN5O3. The minimum Gasteiger partial charge on any atom is -0.340 e. The Morgan fingerprint density at radius 2 is 2.24 bits per heavy atom. The second kappa shape index (κ2) is 5.98. The van der Waals surface area contributed by atoms with Gasteiger partial charge in [0.25, 0.3) is 0 Å². The Morgan fingerprint density at radius 3 is 2.86 bits per heavy atom. The number of nitrogens with two attached hydrogens (primary N) is 1. The molecule has 9 heteroatoms. The normalized spacial score (nSPS) is 27.3. The number of aromatic nitrogens is 2. The van der Waals surface area contributed by atoms with Gasteiger partial charge in [-0.25, -0.2) is 0 Å². The van der Waals surface area contributed by atoms with Crippen LogP contribution < -0.4 is 5.73 Å². The number of carbonyl (C=O) groups is 1. The van der Waals surface area contributed by atoms with Crippen molar-refractivity contribution >= 4 is 24.0 Å². The first-order chi connectivity index (χ1) is 9.54. The molecule has 1 aliphatic heterocycles. The van der Waals surface area contributed by atoms with Gasteiger partial charge in [0.2, 0.25) is 5.91 Å². The Kier molecular flexibility index (Phi) is 4.48. The minimum atomic E-state index is -0.521. The average molecular weight is 316 g/mol. The first-order valence-corrected chi connectivity index (χ1v) is 6.75. The van der Waals surface area contributed by atoms with Crippen molar-refractivity contribution in [1.29, 1.82) is 0 Å². The van der Waals surface area contributed by atoms with Gasteiger partial charge < -0.3 is 10.6 Å². The Morgan fingerprint density at radius 1 is 1.48 bits per heavy atom. The van der Waals surface area contributed by atoms with Crippen LogP contribution in [0, 0.1) is 22.0 Å². The largest absolute Gasteiger partial charge is 0.340 e. The van der Waals surface area contributed by atoms with E-state index in [1.54, 1.807) is 0 Å². The van der Waals surface area contributed by atoms with Crippen LogP contribution in [0.25, 0.3) is 0 Å². The zero-order chi connectivity index (χ0) is 14.3. The molecule has 21 heavy (non-hydrogen) atoms. The molecule has 2 aliphatic rings. The van der Waals surface area contributed by atoms with E-state index in [4.69, 9.17) is 5.73 Å². The number of carbonyl (C=O) groups excluding carboxylic acids is 1. The molecule has 1 aromatic heterocycles. The quantitative estimate of drug-likeness (QED) is 0.642. The van der Waals surface area contributed by atoms with Crippen LogP contribution in [0.3, 0.4) is 0 Å². The standard InChI is InChI=1S/C12H17N5O3.ClH/c13-11-2-1-8-4-15(6-10(8)11)12(18)7-16-5-9(3-14-16)17(19)20;/h3,5,8,10-11H,1-2,4,6-7,13H2;1H. The highest BCUT2D eigenvalue weighted by Crippen LogP contribution is 2.37. The van der Waals surface area contributed by atoms with Crippen molar-refractivity contribution in [2.45, 2.75) is 25.4 Å². The molecule has 8 nitrogen and oxygen atoms in total. The van der Waals surface area contributed by atoms with Gasteiger partial charge in [0.05, 0.1) is 4.92 Å². The van der Waals surface area contributed by atoms with E-state index in [1.807, 2.05) is 4.90 Å². The van der Waals surface area contributed by atoms with Gasteiger partial charge >= 0.3 is 5.69 Å². The molecule has 0 spiro atoms. The molecule has 3 unspecified atom stereocenters. The molecule has 1 saturated carbocycles. The van der Waals surface area contributed by atoms with Crippen molar-refractivity contribution in [2.75, 3.05) is 13.1 Å². The van der Waals surface area contributed by atoms with Gasteiger partial charge in [-0.3, -0.25) is 19.6 Å². The van der Waals surface area contributed by atoms with Crippen molar-refractivity contribution in [3.05, 3.63) is 22.5 Å². The SMILES string of the molecule is Cl.NC1CCC2CN(C(=O)Cn3cc([N+](=O)[O-])cn3)CC12. The van der Waals surface area contributed by atoms with Crippen LogP contribution in [-0.4, -0.2) is 44.6 Å². The van der Waals surface area contributed by atoms with E-state index in [0.717, 1.165) is 25.6 Å². The van der Waals surface area contributed by atoms with E-state index in [0.29, 0.717) is 18.4 Å². The van der Waals surface area contributed by atoms with E-state index in [1.165, 1.54) is 10.9 Å². The Bertz CT molecular complexity index is 549. The smallest absolute Gasteiger partial charge is 0.307 e. The Labute approximate surface area is 127 Å². The van der Waals surface area contributed by atoms with Crippen molar-refractivity contribution in [3.63, 3.8) is 0 Å². The summed E-state index contributed by atoms with van der Waals surface area (Å²) in [5, 5.41) is 14.4. The third-order valence-corrected chi connectivity index (χ3v) is 4.39. The zero-order valence-corrected chi connectivity index (χ0v) is 12.2. The summed E-state index contributed by atoms with van der Waals surface area (Å²) in [5.41, 5.74) is 5.94. The van der Waals surface area contributed by atoms with Gasteiger partial charge in [-0.15, -0.1) is 12.4 Å². The third-order valence-electron chi connectivity index (χ3n) is 4.39. The Hall–Kier alpha value is -1.67. The molecule has 0 bridgehead atoms. The monoisotopic (exact) mass is 315 g/mol. The summed E-state index contributed by atoms with van der Waals surface area (Å²) in [6.45, 7) is 1.50. The summed E-state index contributed by atoms with van der Waals surface area (Å²) < 4.78 is 1.31. The Balaban J connectivity index is 0.00000161. The highest BCUT2D eigenvalue weighted by molar-refractivity contribution is 5.85. The number of rotatable bonds is 3. The number of nitrogens with zero attached hydrogens (tertiary/aromatic N) is 4. The topological polar surface area (TPSA) is 107 Å². The van der Waals surface area contributed by atoms with Crippen molar-refractivity contribution in [2.24, 2.45) is 17.6 Å². The van der Waals surface area contributed by atoms with Gasteiger partial charge in [-0.05, 0) is 24.7 Å². The average Bonchev–Trinajstić information content (AvgIpc) is 3.07. The predicted octanol–water partition coefficient (Wildman–Crippen LogP) is 0.409. The summed E-state index contributed by atoms with van der Waals surface area (Å²) in [5.74, 6) is 0.872. The molecule has 3 atom stereocenters. The van der Waals surface area contributed by atoms with Gasteiger partial charge in [0.1, 0.15) is 18.9 Å². The molecular weight excluding hydrogens is 298 g/mol. The second-order valence-corrected chi connectivity index (χ2v) is 5.62. The molecule has 0 aromatic carbocycles. The summed E-state index contributed by atoms with van der Waals surface area (Å²) >= 11 is 0. The first kappa shape index (κ1) is 15.7. The molecule has 1 aromatic rings. The van der Waals surface area contributed by atoms with Crippen molar-refractivity contribution in [1.82, 2.24) is 14.7 Å². The molecule has 2 fully saturated rings. The zero-order valence-electron chi connectivity index (χ0n) is 11.4. The third kappa shape index (κ3) is 3.01. The number of amides is 1. The predicted molar refractivity (Wildman–Crippen MR) is 76.9 cm³/mol. The molecule has 1 amide bonds. The van der Waals surface area contributed by atoms with Gasteiger partial charge in [0.15, 0.2) is 0 Å². The molecule has 0 radical (unpaired) electrons. The van der Waals surface area contributed by atoms with Crippen LogP contribution >= 0.6 is 12.4 Å². The van der Waals surface area contributed by atoms with Crippen LogP contribution in [0.4, 0.5) is 5.69 Å². The van der Waals surface area contributed by atoms with Crippen LogP contribution in [-0.2, 0) is 11.3 Å². The lowest BCUT2D eigenvalue weighted by molar-refractivity contribution is -0.385. The fourth-order valence-electron chi connectivity index (χ4n) is 3.28. The lowest BCUT2D eigenvalue weighted by atomic mass is 9.98. The molecule has 2 N–H and O–H groups in total. The summed E-state index contributed by atoms with van der Waals surface area (Å²) in [7, 11) is 0. The number of hydrogen-bond donors (Lipinski definition) is 1. The minimum absolute atomic E-state index is 0. The molecule has 1 saturated heterocycles. The fourth-order valence-corrected chi connectivity index (χ4v) is 3.28. The fraction of sp³-hybridized carbons (Fsp3) is 0.667. The molecule has 2 heterocycles. The second-order valence-electron chi connectivity index (χ2n) is 5.62. The van der Waals surface area contributed by atoms with Crippen LogP contribution in [0.15, 0.2) is 12.4 Å². The lowest BCUT2D eigenvalue weighted by Crippen LogP contribution is -2.35. The lowest BCUT2D eigenvalue weighted by Gasteiger charge is -2.18. The number of likely N-dealkylation sites (tertiary alicyclic amines) is 1.